The van der Waals surface area contributed by atoms with Gasteiger partial charge in [0.05, 0.1) is 7.11 Å². The van der Waals surface area contributed by atoms with Gasteiger partial charge in [0.15, 0.2) is 0 Å². The van der Waals surface area contributed by atoms with Gasteiger partial charge in [-0.25, -0.2) is 4.98 Å². The zero-order valence-electron chi connectivity index (χ0n) is 16.8. The molecule has 1 amide bonds. The lowest BCUT2D eigenvalue weighted by molar-refractivity contribution is 0.0623. The molecule has 4 rings (SSSR count). The van der Waals surface area contributed by atoms with E-state index in [9.17, 15) is 4.79 Å². The summed E-state index contributed by atoms with van der Waals surface area (Å²) in [5.41, 5.74) is 4.08. The van der Waals surface area contributed by atoms with Crippen LogP contribution < -0.4 is 4.74 Å². The number of rotatable bonds is 5. The average molecular weight is 408 g/mol. The molecule has 3 aromatic rings. The van der Waals surface area contributed by atoms with Crippen molar-refractivity contribution in [3.63, 3.8) is 0 Å². The Hall–Kier alpha value is -2.70. The molecule has 2 aromatic carbocycles. The van der Waals surface area contributed by atoms with Crippen molar-refractivity contribution in [2.24, 2.45) is 0 Å². The third-order valence-electron chi connectivity index (χ3n) is 5.25. The first kappa shape index (κ1) is 19.6. The standard InChI is InChI=1S/C23H25N3O2S/c1-17-3-7-19(8-4-17)22-24-21(16-29-22)23(27)26-13-11-25(12-14-26)15-18-5-9-20(28-2)10-6-18/h3-10,16H,11-15H2,1-2H3. The van der Waals surface area contributed by atoms with Crippen molar-refractivity contribution >= 4 is 17.2 Å². The van der Waals surface area contributed by atoms with Crippen LogP contribution >= 0.6 is 11.3 Å². The van der Waals surface area contributed by atoms with Crippen LogP contribution in [0.25, 0.3) is 10.6 Å². The number of carbonyl (C=O) groups is 1. The molecule has 1 aliphatic rings. The van der Waals surface area contributed by atoms with Gasteiger partial charge < -0.3 is 9.64 Å². The van der Waals surface area contributed by atoms with Crippen LogP contribution in [0.2, 0.25) is 0 Å². The summed E-state index contributed by atoms with van der Waals surface area (Å²) in [6, 6.07) is 16.4. The largest absolute Gasteiger partial charge is 0.497 e. The maximum absolute atomic E-state index is 12.9. The first-order chi connectivity index (χ1) is 14.1. The maximum atomic E-state index is 12.9. The Bertz CT molecular complexity index is 959. The summed E-state index contributed by atoms with van der Waals surface area (Å²) in [5, 5.41) is 2.77. The van der Waals surface area contributed by atoms with E-state index < -0.39 is 0 Å². The predicted molar refractivity (Wildman–Crippen MR) is 116 cm³/mol. The number of thiazole rings is 1. The van der Waals surface area contributed by atoms with Gasteiger partial charge in [0.2, 0.25) is 0 Å². The van der Waals surface area contributed by atoms with Gasteiger partial charge in [0.1, 0.15) is 16.5 Å². The highest BCUT2D eigenvalue weighted by molar-refractivity contribution is 7.13. The SMILES string of the molecule is COc1ccc(CN2CCN(C(=O)c3csc(-c4ccc(C)cc4)n3)CC2)cc1. The van der Waals surface area contributed by atoms with E-state index >= 15 is 0 Å². The molecular weight excluding hydrogens is 382 g/mol. The molecule has 0 N–H and O–H groups in total. The van der Waals surface area contributed by atoms with Crippen molar-refractivity contribution in [3.05, 3.63) is 70.7 Å². The van der Waals surface area contributed by atoms with Crippen molar-refractivity contribution in [2.45, 2.75) is 13.5 Å². The highest BCUT2D eigenvalue weighted by Gasteiger charge is 2.24. The van der Waals surface area contributed by atoms with E-state index in [1.807, 2.05) is 22.4 Å². The van der Waals surface area contributed by atoms with Crippen LogP contribution in [0.3, 0.4) is 0 Å². The minimum Gasteiger partial charge on any atom is -0.497 e. The van der Waals surface area contributed by atoms with Crippen molar-refractivity contribution in [2.75, 3.05) is 33.3 Å². The van der Waals surface area contributed by atoms with Crippen molar-refractivity contribution in [3.8, 4) is 16.3 Å². The van der Waals surface area contributed by atoms with Gasteiger partial charge >= 0.3 is 0 Å². The molecule has 0 atom stereocenters. The Morgan fingerprint density at radius 1 is 1.03 bits per heavy atom. The number of carbonyl (C=O) groups excluding carboxylic acids is 1. The summed E-state index contributed by atoms with van der Waals surface area (Å²) in [6.07, 6.45) is 0. The second-order valence-corrected chi connectivity index (χ2v) is 8.18. The maximum Gasteiger partial charge on any atom is 0.273 e. The van der Waals surface area contributed by atoms with Crippen molar-refractivity contribution in [1.82, 2.24) is 14.8 Å². The summed E-state index contributed by atoms with van der Waals surface area (Å²) >= 11 is 1.53. The van der Waals surface area contributed by atoms with Crippen LogP contribution in [0, 0.1) is 6.92 Å². The Morgan fingerprint density at radius 3 is 2.38 bits per heavy atom. The van der Waals surface area contributed by atoms with Gasteiger partial charge in [-0.05, 0) is 24.6 Å². The number of hydrogen-bond acceptors (Lipinski definition) is 5. The minimum absolute atomic E-state index is 0.0312. The van der Waals surface area contributed by atoms with E-state index in [0.717, 1.165) is 49.0 Å². The van der Waals surface area contributed by atoms with E-state index in [-0.39, 0.29) is 5.91 Å². The van der Waals surface area contributed by atoms with Gasteiger partial charge in [-0.3, -0.25) is 9.69 Å². The lowest BCUT2D eigenvalue weighted by Crippen LogP contribution is -2.48. The van der Waals surface area contributed by atoms with Crippen molar-refractivity contribution in [1.29, 1.82) is 0 Å². The molecular formula is C23H25N3O2S. The van der Waals surface area contributed by atoms with Gasteiger partial charge in [0, 0.05) is 43.7 Å². The Balaban J connectivity index is 1.33. The second-order valence-electron chi connectivity index (χ2n) is 7.32. The average Bonchev–Trinajstić information content (AvgIpc) is 3.25. The van der Waals surface area contributed by atoms with E-state index in [4.69, 9.17) is 4.74 Å². The van der Waals surface area contributed by atoms with E-state index in [2.05, 4.69) is 53.2 Å². The first-order valence-corrected chi connectivity index (χ1v) is 10.7. The van der Waals surface area contributed by atoms with Gasteiger partial charge in [-0.15, -0.1) is 11.3 Å². The molecule has 0 spiro atoms. The zero-order valence-corrected chi connectivity index (χ0v) is 17.6. The normalized spacial score (nSPS) is 14.8. The van der Waals surface area contributed by atoms with Crippen LogP contribution in [-0.2, 0) is 6.54 Å². The quantitative estimate of drug-likeness (QED) is 0.639. The molecule has 0 bridgehead atoms. The van der Waals surface area contributed by atoms with E-state index in [0.29, 0.717) is 5.69 Å². The number of nitrogens with zero attached hydrogens (tertiary/aromatic N) is 3. The summed E-state index contributed by atoms with van der Waals surface area (Å²) in [4.78, 5) is 21.8. The minimum atomic E-state index is 0.0312. The monoisotopic (exact) mass is 407 g/mol. The molecule has 0 radical (unpaired) electrons. The lowest BCUT2D eigenvalue weighted by Gasteiger charge is -2.34. The van der Waals surface area contributed by atoms with E-state index in [1.54, 1.807) is 7.11 Å². The number of piperazine rings is 1. The lowest BCUT2D eigenvalue weighted by atomic mass is 10.2. The summed E-state index contributed by atoms with van der Waals surface area (Å²) in [7, 11) is 1.68. The van der Waals surface area contributed by atoms with Crippen LogP contribution in [0.1, 0.15) is 21.6 Å². The van der Waals surface area contributed by atoms with E-state index in [1.165, 1.54) is 22.5 Å². The molecule has 5 nitrogen and oxygen atoms in total. The topological polar surface area (TPSA) is 45.7 Å². The van der Waals surface area contributed by atoms with Gasteiger partial charge in [0.25, 0.3) is 5.91 Å². The Morgan fingerprint density at radius 2 is 1.72 bits per heavy atom. The highest BCUT2D eigenvalue weighted by Crippen LogP contribution is 2.25. The number of benzene rings is 2. The number of methoxy groups -OCH3 is 1. The molecule has 0 aliphatic carbocycles. The van der Waals surface area contributed by atoms with Crippen LogP contribution in [0.15, 0.2) is 53.9 Å². The van der Waals surface area contributed by atoms with Crippen LogP contribution in [0.4, 0.5) is 0 Å². The molecule has 1 aromatic heterocycles. The molecule has 2 heterocycles. The third kappa shape index (κ3) is 4.66. The number of aromatic nitrogens is 1. The molecule has 1 aliphatic heterocycles. The predicted octanol–water partition coefficient (Wildman–Crippen LogP) is 4.09. The number of amides is 1. The molecule has 0 unspecified atom stereocenters. The summed E-state index contributed by atoms with van der Waals surface area (Å²) in [5.74, 6) is 0.904. The molecule has 29 heavy (non-hydrogen) atoms. The first-order valence-electron chi connectivity index (χ1n) is 9.79. The summed E-state index contributed by atoms with van der Waals surface area (Å²) < 4.78 is 5.21. The molecule has 1 saturated heterocycles. The molecule has 150 valence electrons. The fourth-order valence-corrected chi connectivity index (χ4v) is 4.26. The number of aryl methyl sites for hydroxylation is 1. The number of ether oxygens (including phenoxy) is 1. The molecule has 1 fully saturated rings. The molecule has 6 heteroatoms. The van der Waals surface area contributed by atoms with Crippen LogP contribution in [0.5, 0.6) is 5.75 Å². The Labute approximate surface area is 175 Å². The number of hydrogen-bond donors (Lipinski definition) is 0. The fourth-order valence-electron chi connectivity index (χ4n) is 3.46. The van der Waals surface area contributed by atoms with Gasteiger partial charge in [-0.2, -0.15) is 0 Å². The summed E-state index contributed by atoms with van der Waals surface area (Å²) in [6.45, 7) is 6.15. The third-order valence-corrected chi connectivity index (χ3v) is 6.14. The fraction of sp³-hybridized carbons (Fsp3) is 0.304. The Kier molecular flexibility index (Phi) is 5.92. The second kappa shape index (κ2) is 8.76. The zero-order chi connectivity index (χ0) is 20.2. The van der Waals surface area contributed by atoms with Crippen LogP contribution in [-0.4, -0.2) is 54.0 Å². The highest BCUT2D eigenvalue weighted by atomic mass is 32.1. The molecule has 0 saturated carbocycles. The smallest absolute Gasteiger partial charge is 0.273 e. The van der Waals surface area contributed by atoms with Gasteiger partial charge in [-0.1, -0.05) is 42.0 Å². The van der Waals surface area contributed by atoms with Crippen molar-refractivity contribution < 1.29 is 9.53 Å².